The minimum absolute atomic E-state index is 0.111. The monoisotopic (exact) mass is 564 g/mol. The van der Waals surface area contributed by atoms with Crippen LogP contribution in [0.3, 0.4) is 0 Å². The molecule has 40 heavy (non-hydrogen) atoms. The van der Waals surface area contributed by atoms with Gasteiger partial charge in [0.15, 0.2) is 0 Å². The van der Waals surface area contributed by atoms with Crippen molar-refractivity contribution in [3.05, 3.63) is 23.3 Å². The van der Waals surface area contributed by atoms with Gasteiger partial charge in [-0.15, -0.1) is 0 Å². The summed E-state index contributed by atoms with van der Waals surface area (Å²) < 4.78 is 6.07. The molecule has 2 rings (SSSR count). The largest absolute Gasteiger partial charge is 0.481 e. The maximum absolute atomic E-state index is 13.0. The van der Waals surface area contributed by atoms with Crippen LogP contribution in [-0.2, 0) is 14.3 Å². The number of cyclic esters (lactones) is 1. The molecule has 1 heterocycles. The smallest absolute Gasteiger partial charge is 0.333 e. The van der Waals surface area contributed by atoms with Crippen molar-refractivity contribution < 1.29 is 34.8 Å². The van der Waals surface area contributed by atoms with Crippen molar-refractivity contribution in [3.8, 4) is 0 Å². The number of hydrogen-bond acceptors (Lipinski definition) is 6. The first-order chi connectivity index (χ1) is 19.0. The molecule has 2 aliphatic rings. The van der Waals surface area contributed by atoms with Crippen LogP contribution in [0.15, 0.2) is 23.3 Å². The van der Waals surface area contributed by atoms with E-state index in [0.717, 1.165) is 76.2 Å². The lowest BCUT2D eigenvalue weighted by molar-refractivity contribution is -0.155. The van der Waals surface area contributed by atoms with Gasteiger partial charge in [0.25, 0.3) is 0 Å². The fourth-order valence-electron chi connectivity index (χ4n) is 6.29. The van der Waals surface area contributed by atoms with Gasteiger partial charge in [-0.2, -0.15) is 0 Å². The Balaban J connectivity index is 1.99. The Morgan fingerprint density at radius 3 is 2.33 bits per heavy atom. The number of rotatable bonds is 11. The summed E-state index contributed by atoms with van der Waals surface area (Å²) in [6, 6.07) is 0. The van der Waals surface area contributed by atoms with Crippen LogP contribution in [0.25, 0.3) is 0 Å². The van der Waals surface area contributed by atoms with Crippen LogP contribution in [0.5, 0.6) is 0 Å². The third-order valence-electron chi connectivity index (χ3n) is 9.15. The molecule has 1 aliphatic heterocycles. The predicted molar refractivity (Wildman–Crippen MR) is 158 cm³/mol. The first-order valence-corrected chi connectivity index (χ1v) is 15.8. The maximum atomic E-state index is 13.0. The average molecular weight is 565 g/mol. The number of carboxylic acid groups (broad SMARTS) is 1. The number of hydrogen-bond donors (Lipinski definition) is 4. The van der Waals surface area contributed by atoms with E-state index in [1.807, 2.05) is 6.92 Å². The Morgan fingerprint density at radius 1 is 1.00 bits per heavy atom. The summed E-state index contributed by atoms with van der Waals surface area (Å²) in [7, 11) is 0. The number of esters is 1. The van der Waals surface area contributed by atoms with E-state index in [9.17, 15) is 24.9 Å². The molecule has 0 aromatic rings. The lowest BCUT2D eigenvalue weighted by atomic mass is 9.79. The Kier molecular flexibility index (Phi) is 15.5. The molecule has 0 saturated carbocycles. The van der Waals surface area contributed by atoms with Gasteiger partial charge in [0.2, 0.25) is 0 Å². The lowest BCUT2D eigenvalue weighted by Gasteiger charge is -2.37. The van der Waals surface area contributed by atoms with Crippen molar-refractivity contribution in [3.63, 3.8) is 0 Å². The van der Waals surface area contributed by atoms with E-state index in [1.54, 1.807) is 13.0 Å². The third kappa shape index (κ3) is 12.0. The minimum atomic E-state index is -0.844. The summed E-state index contributed by atoms with van der Waals surface area (Å²) in [6.07, 6.45) is 14.1. The number of allylic oxidation sites excluding steroid dienone is 1. The van der Waals surface area contributed by atoms with Crippen LogP contribution in [-0.4, -0.2) is 56.8 Å². The van der Waals surface area contributed by atoms with Gasteiger partial charge in [-0.3, -0.25) is 4.79 Å². The summed E-state index contributed by atoms with van der Waals surface area (Å²) in [4.78, 5) is 23.6. The van der Waals surface area contributed by atoms with Crippen molar-refractivity contribution in [2.75, 3.05) is 0 Å². The van der Waals surface area contributed by atoms with Crippen molar-refractivity contribution in [1.29, 1.82) is 0 Å². The molecule has 0 aromatic heterocycles. The number of unbranched alkanes of at least 4 members (excludes halogenated alkanes) is 6. The zero-order valence-electron chi connectivity index (χ0n) is 25.4. The van der Waals surface area contributed by atoms with Gasteiger partial charge in [0.1, 0.15) is 6.10 Å². The number of aliphatic hydroxyl groups excluding tert-OH is 3. The first kappa shape index (κ1) is 34.5. The highest BCUT2D eigenvalue weighted by atomic mass is 16.5. The van der Waals surface area contributed by atoms with Gasteiger partial charge >= 0.3 is 11.9 Å². The average Bonchev–Trinajstić information content (AvgIpc) is 2.90. The second kappa shape index (κ2) is 18.0. The van der Waals surface area contributed by atoms with E-state index in [2.05, 4.69) is 19.9 Å². The summed E-state index contributed by atoms with van der Waals surface area (Å²) in [6.45, 7) is 8.04. The highest BCUT2D eigenvalue weighted by Crippen LogP contribution is 2.36. The first-order valence-electron chi connectivity index (χ1n) is 15.8. The van der Waals surface area contributed by atoms with Crippen LogP contribution < -0.4 is 0 Å². The standard InChI is InChI=1S/C33H56O7/c1-22-13-12-15-26-20-27(17-18-28(34)25(4)30(36)21-29(35)24(3)19-22)33(39)40-32(26)23(2)14-10-8-6-5-7-9-11-16-31(37)38/h17,19,22-23,25-26,28-30,32,34-36H,5-16,18,20-21H2,1-4H3,(H,37,38). The molecule has 0 aromatic carbocycles. The Labute approximate surface area is 242 Å². The van der Waals surface area contributed by atoms with E-state index in [4.69, 9.17) is 9.84 Å². The Morgan fingerprint density at radius 2 is 1.65 bits per heavy atom. The van der Waals surface area contributed by atoms with Crippen molar-refractivity contribution >= 4 is 11.9 Å². The summed E-state index contributed by atoms with van der Waals surface area (Å²) in [5, 5.41) is 40.7. The minimum Gasteiger partial charge on any atom is -0.481 e. The molecule has 0 spiro atoms. The normalized spacial score (nSPS) is 31.6. The number of fused-ring (bicyclic) bond motifs is 2. The Hall–Kier alpha value is -1.70. The second-order valence-electron chi connectivity index (χ2n) is 12.7. The fourth-order valence-corrected chi connectivity index (χ4v) is 6.29. The van der Waals surface area contributed by atoms with E-state index in [1.165, 1.54) is 0 Å². The van der Waals surface area contributed by atoms with Crippen LogP contribution in [0.4, 0.5) is 0 Å². The maximum Gasteiger partial charge on any atom is 0.333 e. The lowest BCUT2D eigenvalue weighted by Crippen LogP contribution is -2.39. The van der Waals surface area contributed by atoms with Gasteiger partial charge in [0.05, 0.1) is 18.3 Å². The molecule has 1 aliphatic carbocycles. The van der Waals surface area contributed by atoms with E-state index < -0.39 is 30.2 Å². The Bertz CT molecular complexity index is 835. The predicted octanol–water partition coefficient (Wildman–Crippen LogP) is 6.34. The summed E-state index contributed by atoms with van der Waals surface area (Å²) in [5.41, 5.74) is 1.49. The van der Waals surface area contributed by atoms with Crippen LogP contribution in [0.1, 0.15) is 124 Å². The second-order valence-corrected chi connectivity index (χ2v) is 12.7. The molecular formula is C33H56O7. The number of ether oxygens (including phenoxy) is 1. The number of carbonyl (C=O) groups is 2. The number of carboxylic acids is 1. The van der Waals surface area contributed by atoms with Gasteiger partial charge in [0, 0.05) is 30.3 Å². The zero-order valence-corrected chi connectivity index (χ0v) is 25.4. The van der Waals surface area contributed by atoms with Crippen LogP contribution in [0, 0.1) is 23.7 Å². The van der Waals surface area contributed by atoms with Gasteiger partial charge in [-0.05, 0) is 62.9 Å². The van der Waals surface area contributed by atoms with Crippen LogP contribution in [0.2, 0.25) is 0 Å². The fraction of sp³-hybridized carbons (Fsp3) is 0.818. The van der Waals surface area contributed by atoms with Gasteiger partial charge < -0.3 is 25.2 Å². The van der Waals surface area contributed by atoms with Crippen molar-refractivity contribution in [2.45, 2.75) is 148 Å². The molecule has 1 fully saturated rings. The van der Waals surface area contributed by atoms with Crippen molar-refractivity contribution in [1.82, 2.24) is 0 Å². The summed E-state index contributed by atoms with van der Waals surface area (Å²) >= 11 is 0. The molecule has 2 bridgehead atoms. The molecule has 8 atom stereocenters. The van der Waals surface area contributed by atoms with Gasteiger partial charge in [-0.25, -0.2) is 4.79 Å². The van der Waals surface area contributed by atoms with Crippen LogP contribution >= 0.6 is 0 Å². The third-order valence-corrected chi connectivity index (χ3v) is 9.15. The topological polar surface area (TPSA) is 124 Å². The highest BCUT2D eigenvalue weighted by molar-refractivity contribution is 5.89. The number of aliphatic carboxylic acids is 1. The molecule has 0 radical (unpaired) electrons. The number of aliphatic hydroxyl groups is 3. The quantitative estimate of drug-likeness (QED) is 0.131. The zero-order chi connectivity index (χ0) is 29.7. The van der Waals surface area contributed by atoms with E-state index >= 15 is 0 Å². The van der Waals surface area contributed by atoms with Crippen molar-refractivity contribution in [2.24, 2.45) is 23.7 Å². The SMILES string of the molecule is CC1=CC(C)CCCC2CC(=CCC(O)C(C)C(O)CC1O)C(=O)OC2C(C)CCCCCCCCCC(=O)O. The van der Waals surface area contributed by atoms with E-state index in [0.29, 0.717) is 17.9 Å². The summed E-state index contributed by atoms with van der Waals surface area (Å²) in [5.74, 6) is -0.623. The molecule has 1 saturated heterocycles. The molecule has 0 amide bonds. The molecule has 230 valence electrons. The highest BCUT2D eigenvalue weighted by Gasteiger charge is 2.37. The number of carbonyl (C=O) groups excluding carboxylic acids is 1. The molecule has 8 unspecified atom stereocenters. The molecule has 4 N–H and O–H groups in total. The molecular weight excluding hydrogens is 508 g/mol. The van der Waals surface area contributed by atoms with E-state index in [-0.39, 0.29) is 43.2 Å². The van der Waals surface area contributed by atoms with Gasteiger partial charge in [-0.1, -0.05) is 77.9 Å². The molecule has 7 heteroatoms. The molecule has 7 nitrogen and oxygen atoms in total.